The quantitative estimate of drug-likeness (QED) is 0.674. The smallest absolute Gasteiger partial charge is 0.246 e. The van der Waals surface area contributed by atoms with E-state index in [0.717, 1.165) is 19.6 Å². The number of carbonyl (C=O) groups is 1. The van der Waals surface area contributed by atoms with Crippen LogP contribution in [-0.4, -0.2) is 80.9 Å². The van der Waals surface area contributed by atoms with E-state index in [0.29, 0.717) is 49.9 Å². The minimum atomic E-state index is -3.80. The van der Waals surface area contributed by atoms with E-state index in [4.69, 9.17) is 16.3 Å². The minimum Gasteiger partial charge on any atom is -0.492 e. The molecule has 2 fully saturated rings. The molecule has 0 aliphatic carbocycles. The predicted octanol–water partition coefficient (Wildman–Crippen LogP) is 2.30. The highest BCUT2D eigenvalue weighted by atomic mass is 35.5. The van der Waals surface area contributed by atoms with Crippen molar-refractivity contribution in [1.82, 2.24) is 14.1 Å². The zero-order chi connectivity index (χ0) is 21.0. The maximum Gasteiger partial charge on any atom is 0.246 e. The summed E-state index contributed by atoms with van der Waals surface area (Å²) in [7, 11) is -3.80. The van der Waals surface area contributed by atoms with Gasteiger partial charge >= 0.3 is 0 Å². The number of hydrogen-bond donors (Lipinski definition) is 0. The Balaban J connectivity index is 1.75. The average molecular weight is 444 g/mol. The number of carbonyl (C=O) groups excluding carboxylic acids is 1. The van der Waals surface area contributed by atoms with Gasteiger partial charge in [-0.25, -0.2) is 8.42 Å². The molecule has 162 valence electrons. The summed E-state index contributed by atoms with van der Waals surface area (Å²) in [4.78, 5) is 17.3. The second-order valence-corrected chi connectivity index (χ2v) is 9.83. The molecule has 1 amide bonds. The number of nitrogens with zero attached hydrogens (tertiary/aromatic N) is 3. The molecule has 1 atom stereocenters. The second-order valence-electron chi connectivity index (χ2n) is 7.49. The molecule has 0 spiro atoms. The maximum atomic E-state index is 13.3. The summed E-state index contributed by atoms with van der Waals surface area (Å²) in [6.45, 7) is 9.02. The normalized spacial score (nSPS) is 21.9. The van der Waals surface area contributed by atoms with Crippen molar-refractivity contribution in [3.8, 4) is 5.75 Å². The largest absolute Gasteiger partial charge is 0.492 e. The van der Waals surface area contributed by atoms with Crippen molar-refractivity contribution in [2.75, 3.05) is 52.4 Å². The highest BCUT2D eigenvalue weighted by molar-refractivity contribution is 7.89. The Morgan fingerprint density at radius 2 is 1.90 bits per heavy atom. The highest BCUT2D eigenvalue weighted by Gasteiger charge is 2.37. The number of halogens is 1. The molecule has 0 bridgehead atoms. The first-order valence-corrected chi connectivity index (χ1v) is 12.1. The van der Waals surface area contributed by atoms with E-state index in [-0.39, 0.29) is 23.3 Å². The molecule has 1 aromatic rings. The monoisotopic (exact) mass is 443 g/mol. The third-order valence-corrected chi connectivity index (χ3v) is 7.81. The van der Waals surface area contributed by atoms with Crippen molar-refractivity contribution in [3.63, 3.8) is 0 Å². The van der Waals surface area contributed by atoms with Gasteiger partial charge in [0.1, 0.15) is 10.6 Å². The summed E-state index contributed by atoms with van der Waals surface area (Å²) in [6, 6.07) is 4.62. The predicted molar refractivity (Wildman–Crippen MR) is 113 cm³/mol. The van der Waals surface area contributed by atoms with Crippen molar-refractivity contribution in [3.05, 3.63) is 23.2 Å². The number of hydrogen-bond acceptors (Lipinski definition) is 5. The van der Waals surface area contributed by atoms with Crippen molar-refractivity contribution in [2.24, 2.45) is 5.92 Å². The van der Waals surface area contributed by atoms with Crippen LogP contribution in [0.25, 0.3) is 0 Å². The summed E-state index contributed by atoms with van der Waals surface area (Å²) < 4.78 is 33.6. The molecule has 9 heteroatoms. The molecule has 0 radical (unpaired) electrons. The first kappa shape index (κ1) is 22.3. The summed E-state index contributed by atoms with van der Waals surface area (Å²) in [5, 5.41) is 0.338. The molecule has 2 aliphatic heterocycles. The Hall–Kier alpha value is -1.35. The van der Waals surface area contributed by atoms with Crippen LogP contribution < -0.4 is 4.74 Å². The zero-order valence-electron chi connectivity index (χ0n) is 17.1. The zero-order valence-corrected chi connectivity index (χ0v) is 18.7. The summed E-state index contributed by atoms with van der Waals surface area (Å²) in [6.07, 6.45) is 1.38. The SMILES string of the molecule is CCOc1ccc(Cl)cc1S(=O)(=O)N1CCC[C@H](C(=O)N2CCN(CC)CC2)C1. The molecule has 0 N–H and O–H groups in total. The van der Waals surface area contributed by atoms with Crippen LogP contribution in [0.2, 0.25) is 5.02 Å². The van der Waals surface area contributed by atoms with Crippen LogP contribution in [0.1, 0.15) is 26.7 Å². The number of benzene rings is 1. The van der Waals surface area contributed by atoms with Crippen LogP contribution in [0.5, 0.6) is 5.75 Å². The molecule has 7 nitrogen and oxygen atoms in total. The van der Waals surface area contributed by atoms with Gasteiger partial charge in [0.25, 0.3) is 0 Å². The first-order chi connectivity index (χ1) is 13.9. The van der Waals surface area contributed by atoms with Crippen LogP contribution in [0, 0.1) is 5.92 Å². The molecular formula is C20H30ClN3O4S. The Bertz CT molecular complexity index is 825. The van der Waals surface area contributed by atoms with Gasteiger partial charge in [0.2, 0.25) is 15.9 Å². The lowest BCUT2D eigenvalue weighted by Gasteiger charge is -2.38. The lowest BCUT2D eigenvalue weighted by molar-refractivity contribution is -0.138. The molecule has 2 saturated heterocycles. The van der Waals surface area contributed by atoms with Gasteiger partial charge in [-0.05, 0) is 44.5 Å². The Labute approximate surface area is 178 Å². The van der Waals surface area contributed by atoms with Crippen LogP contribution in [-0.2, 0) is 14.8 Å². The number of likely N-dealkylation sites (N-methyl/N-ethyl adjacent to an activating group) is 1. The van der Waals surface area contributed by atoms with E-state index >= 15 is 0 Å². The van der Waals surface area contributed by atoms with E-state index in [9.17, 15) is 13.2 Å². The molecular weight excluding hydrogens is 414 g/mol. The highest BCUT2D eigenvalue weighted by Crippen LogP contribution is 2.32. The van der Waals surface area contributed by atoms with Gasteiger partial charge in [0, 0.05) is 44.3 Å². The van der Waals surface area contributed by atoms with Crippen LogP contribution in [0.15, 0.2) is 23.1 Å². The van der Waals surface area contributed by atoms with E-state index < -0.39 is 10.0 Å². The molecule has 0 saturated carbocycles. The minimum absolute atomic E-state index is 0.0662. The molecule has 2 heterocycles. The third-order valence-electron chi connectivity index (χ3n) is 5.69. The number of piperazine rings is 1. The van der Waals surface area contributed by atoms with Crippen molar-refractivity contribution in [2.45, 2.75) is 31.6 Å². The number of sulfonamides is 1. The van der Waals surface area contributed by atoms with Crippen LogP contribution in [0.3, 0.4) is 0 Å². The fourth-order valence-electron chi connectivity index (χ4n) is 4.00. The van der Waals surface area contributed by atoms with Crippen molar-refractivity contribution < 1.29 is 17.9 Å². The molecule has 0 unspecified atom stereocenters. The van der Waals surface area contributed by atoms with Crippen LogP contribution >= 0.6 is 11.6 Å². The lowest BCUT2D eigenvalue weighted by Crippen LogP contribution is -2.52. The van der Waals surface area contributed by atoms with Crippen molar-refractivity contribution in [1.29, 1.82) is 0 Å². The molecule has 1 aromatic carbocycles. The second kappa shape index (κ2) is 9.64. The van der Waals surface area contributed by atoms with Crippen LogP contribution in [0.4, 0.5) is 0 Å². The Kier molecular flexibility index (Phi) is 7.42. The summed E-state index contributed by atoms with van der Waals surface area (Å²) in [5.41, 5.74) is 0. The van der Waals surface area contributed by atoms with Crippen molar-refractivity contribution >= 4 is 27.5 Å². The number of piperidine rings is 1. The maximum absolute atomic E-state index is 13.3. The summed E-state index contributed by atoms with van der Waals surface area (Å²) >= 11 is 6.06. The number of ether oxygens (including phenoxy) is 1. The van der Waals surface area contributed by atoms with Gasteiger partial charge in [0.05, 0.1) is 12.5 Å². The molecule has 0 aromatic heterocycles. The topological polar surface area (TPSA) is 70.2 Å². The summed E-state index contributed by atoms with van der Waals surface area (Å²) in [5.74, 6) is 0.0549. The Morgan fingerprint density at radius 1 is 1.17 bits per heavy atom. The molecule has 2 aliphatic rings. The fraction of sp³-hybridized carbons (Fsp3) is 0.650. The van der Waals surface area contributed by atoms with E-state index in [1.54, 1.807) is 19.1 Å². The van der Waals surface area contributed by atoms with E-state index in [1.165, 1.54) is 10.4 Å². The standard InChI is InChI=1S/C20H30ClN3O4S/c1-3-22-10-12-23(13-11-22)20(25)16-6-5-9-24(15-16)29(26,27)19-14-17(21)7-8-18(19)28-4-2/h7-8,14,16H,3-6,9-13,15H2,1-2H3/t16-/m0/s1. The van der Waals surface area contributed by atoms with E-state index in [2.05, 4.69) is 11.8 Å². The third kappa shape index (κ3) is 5.05. The van der Waals surface area contributed by atoms with Gasteiger partial charge in [0.15, 0.2) is 0 Å². The number of rotatable bonds is 6. The van der Waals surface area contributed by atoms with Gasteiger partial charge < -0.3 is 14.5 Å². The van der Waals surface area contributed by atoms with Gasteiger partial charge in [-0.2, -0.15) is 4.31 Å². The Morgan fingerprint density at radius 3 is 2.55 bits per heavy atom. The van der Waals surface area contributed by atoms with Gasteiger partial charge in [-0.3, -0.25) is 4.79 Å². The van der Waals surface area contributed by atoms with Gasteiger partial charge in [-0.1, -0.05) is 18.5 Å². The average Bonchev–Trinajstić information content (AvgIpc) is 2.74. The van der Waals surface area contributed by atoms with E-state index in [1.807, 2.05) is 4.90 Å². The molecule has 3 rings (SSSR count). The molecule has 29 heavy (non-hydrogen) atoms. The van der Waals surface area contributed by atoms with Gasteiger partial charge in [-0.15, -0.1) is 0 Å². The lowest BCUT2D eigenvalue weighted by atomic mass is 9.98. The first-order valence-electron chi connectivity index (χ1n) is 10.3. The number of amides is 1. The fourth-order valence-corrected chi connectivity index (χ4v) is 5.92.